The smallest absolute Gasteiger partial charge is 0.321 e. The van der Waals surface area contributed by atoms with Crippen molar-refractivity contribution in [1.82, 2.24) is 14.9 Å². The lowest BCUT2D eigenvalue weighted by molar-refractivity contribution is 0.0743. The van der Waals surface area contributed by atoms with Crippen molar-refractivity contribution < 1.29 is 19.0 Å². The highest BCUT2D eigenvalue weighted by Gasteiger charge is 2.25. The van der Waals surface area contributed by atoms with Crippen LogP contribution in [0.2, 0.25) is 5.02 Å². The zero-order valence-electron chi connectivity index (χ0n) is 15.4. The molecule has 1 amide bonds. The Labute approximate surface area is 162 Å². The van der Waals surface area contributed by atoms with Crippen LogP contribution in [-0.2, 0) is 0 Å². The van der Waals surface area contributed by atoms with Gasteiger partial charge in [0.1, 0.15) is 11.6 Å². The number of aromatic nitrogens is 2. The minimum Gasteiger partial charge on any atom is -0.496 e. The molecule has 0 bridgehead atoms. The lowest BCUT2D eigenvalue weighted by atomic mass is 10.1. The first-order chi connectivity index (χ1) is 13.0. The molecule has 0 radical (unpaired) electrons. The fourth-order valence-corrected chi connectivity index (χ4v) is 3.08. The minimum atomic E-state index is -0.105. The molecule has 0 unspecified atom stereocenters. The standard InChI is InChI=1S/C18H21ClN4O4/c1-25-14-5-4-12(19)10-13(14)17(24)23-8-6-22(7-9-23)15-11-16(26-2)21-18(20-15)27-3/h4-5,10-11H,6-9H2,1-3H3. The average Bonchev–Trinajstić information content (AvgIpc) is 2.72. The van der Waals surface area contributed by atoms with Crippen molar-refractivity contribution in [2.75, 3.05) is 52.4 Å². The number of halogens is 1. The molecule has 8 nitrogen and oxygen atoms in total. The van der Waals surface area contributed by atoms with Gasteiger partial charge in [-0.05, 0) is 18.2 Å². The van der Waals surface area contributed by atoms with Gasteiger partial charge in [-0.3, -0.25) is 4.79 Å². The Morgan fingerprint density at radius 1 is 1.00 bits per heavy atom. The van der Waals surface area contributed by atoms with Crippen molar-refractivity contribution in [2.45, 2.75) is 0 Å². The number of nitrogens with zero attached hydrogens (tertiary/aromatic N) is 4. The monoisotopic (exact) mass is 392 g/mol. The normalized spacial score (nSPS) is 14.1. The molecule has 0 atom stereocenters. The SMILES string of the molecule is COc1cc(N2CCN(C(=O)c3cc(Cl)ccc3OC)CC2)nc(OC)n1. The Morgan fingerprint density at radius 2 is 1.74 bits per heavy atom. The van der Waals surface area contributed by atoms with Gasteiger partial charge in [0.25, 0.3) is 5.91 Å². The van der Waals surface area contributed by atoms with E-state index in [4.69, 9.17) is 25.8 Å². The van der Waals surface area contributed by atoms with Crippen molar-refractivity contribution in [1.29, 1.82) is 0 Å². The van der Waals surface area contributed by atoms with E-state index >= 15 is 0 Å². The number of benzene rings is 1. The van der Waals surface area contributed by atoms with Crippen molar-refractivity contribution in [3.05, 3.63) is 34.9 Å². The topological polar surface area (TPSA) is 77.0 Å². The molecule has 1 aliphatic rings. The maximum atomic E-state index is 12.9. The first-order valence-corrected chi connectivity index (χ1v) is 8.78. The Balaban J connectivity index is 1.72. The predicted molar refractivity (Wildman–Crippen MR) is 101 cm³/mol. The highest BCUT2D eigenvalue weighted by molar-refractivity contribution is 6.31. The highest BCUT2D eigenvalue weighted by Crippen LogP contribution is 2.26. The Kier molecular flexibility index (Phi) is 5.85. The molecular weight excluding hydrogens is 372 g/mol. The molecule has 0 saturated carbocycles. The maximum absolute atomic E-state index is 12.9. The fourth-order valence-electron chi connectivity index (χ4n) is 2.91. The van der Waals surface area contributed by atoms with Gasteiger partial charge in [0.15, 0.2) is 0 Å². The number of piperazine rings is 1. The van der Waals surface area contributed by atoms with Crippen LogP contribution in [0.4, 0.5) is 5.82 Å². The van der Waals surface area contributed by atoms with Crippen LogP contribution in [0.25, 0.3) is 0 Å². The molecule has 2 heterocycles. The highest BCUT2D eigenvalue weighted by atomic mass is 35.5. The lowest BCUT2D eigenvalue weighted by Gasteiger charge is -2.35. The van der Waals surface area contributed by atoms with Gasteiger partial charge in [-0.1, -0.05) is 11.6 Å². The number of rotatable bonds is 5. The van der Waals surface area contributed by atoms with E-state index in [0.29, 0.717) is 54.2 Å². The summed E-state index contributed by atoms with van der Waals surface area (Å²) in [7, 11) is 4.59. The van der Waals surface area contributed by atoms with Gasteiger partial charge in [0, 0.05) is 37.3 Å². The van der Waals surface area contributed by atoms with E-state index in [1.165, 1.54) is 14.2 Å². The first kappa shape index (κ1) is 19.0. The van der Waals surface area contributed by atoms with Gasteiger partial charge in [0.2, 0.25) is 5.88 Å². The van der Waals surface area contributed by atoms with Crippen molar-refractivity contribution in [3.8, 4) is 17.6 Å². The van der Waals surface area contributed by atoms with Crippen LogP contribution >= 0.6 is 11.6 Å². The Bertz CT molecular complexity index is 803. The summed E-state index contributed by atoms with van der Waals surface area (Å²) in [6.45, 7) is 2.34. The summed E-state index contributed by atoms with van der Waals surface area (Å²) in [6.07, 6.45) is 0. The number of carbonyl (C=O) groups excluding carboxylic acids is 1. The van der Waals surface area contributed by atoms with E-state index < -0.39 is 0 Å². The number of methoxy groups -OCH3 is 3. The van der Waals surface area contributed by atoms with Crippen molar-refractivity contribution in [3.63, 3.8) is 0 Å². The second-order valence-corrected chi connectivity index (χ2v) is 6.32. The minimum absolute atomic E-state index is 0.105. The summed E-state index contributed by atoms with van der Waals surface area (Å²) in [5.74, 6) is 1.54. The number of carbonyl (C=O) groups is 1. The zero-order chi connectivity index (χ0) is 19.4. The summed E-state index contributed by atoms with van der Waals surface area (Å²) in [5.41, 5.74) is 0.462. The van der Waals surface area contributed by atoms with Crippen LogP contribution in [0.3, 0.4) is 0 Å². The van der Waals surface area contributed by atoms with Crippen LogP contribution in [-0.4, -0.2) is 68.3 Å². The number of amides is 1. The van der Waals surface area contributed by atoms with Gasteiger partial charge in [-0.15, -0.1) is 0 Å². The third-order valence-electron chi connectivity index (χ3n) is 4.34. The largest absolute Gasteiger partial charge is 0.496 e. The van der Waals surface area contributed by atoms with E-state index in [1.54, 1.807) is 36.3 Å². The molecule has 0 aliphatic carbocycles. The molecule has 9 heteroatoms. The molecule has 2 aromatic rings. The second-order valence-electron chi connectivity index (χ2n) is 5.88. The maximum Gasteiger partial charge on any atom is 0.321 e. The van der Waals surface area contributed by atoms with E-state index in [1.807, 2.05) is 0 Å². The van der Waals surface area contributed by atoms with Gasteiger partial charge >= 0.3 is 6.01 Å². The third-order valence-corrected chi connectivity index (χ3v) is 4.58. The van der Waals surface area contributed by atoms with E-state index in [0.717, 1.165) is 0 Å². The predicted octanol–water partition coefficient (Wildman–Crippen LogP) is 2.12. The molecule has 1 fully saturated rings. The summed E-state index contributed by atoms with van der Waals surface area (Å²) in [4.78, 5) is 25.2. The molecule has 0 N–H and O–H groups in total. The quantitative estimate of drug-likeness (QED) is 0.771. The van der Waals surface area contributed by atoms with Gasteiger partial charge in [0.05, 0.1) is 26.9 Å². The van der Waals surface area contributed by atoms with Crippen molar-refractivity contribution in [2.24, 2.45) is 0 Å². The zero-order valence-corrected chi connectivity index (χ0v) is 16.2. The fraction of sp³-hybridized carbons (Fsp3) is 0.389. The van der Waals surface area contributed by atoms with E-state index in [2.05, 4.69) is 14.9 Å². The molecule has 1 aromatic carbocycles. The molecule has 1 aliphatic heterocycles. The average molecular weight is 393 g/mol. The molecule has 1 saturated heterocycles. The Morgan fingerprint density at radius 3 is 2.37 bits per heavy atom. The Hall–Kier alpha value is -2.74. The molecular formula is C18H21ClN4O4. The second kappa shape index (κ2) is 8.30. The van der Waals surface area contributed by atoms with Crippen LogP contribution in [0.1, 0.15) is 10.4 Å². The van der Waals surface area contributed by atoms with Crippen LogP contribution in [0.5, 0.6) is 17.6 Å². The van der Waals surface area contributed by atoms with Crippen LogP contribution in [0, 0.1) is 0 Å². The third kappa shape index (κ3) is 4.16. The molecule has 1 aromatic heterocycles. The molecule has 144 valence electrons. The van der Waals surface area contributed by atoms with Gasteiger partial charge in [-0.2, -0.15) is 9.97 Å². The van der Waals surface area contributed by atoms with Crippen LogP contribution < -0.4 is 19.1 Å². The number of anilines is 1. The number of hydrogen-bond acceptors (Lipinski definition) is 7. The number of hydrogen-bond donors (Lipinski definition) is 0. The van der Waals surface area contributed by atoms with Gasteiger partial charge in [-0.25, -0.2) is 0 Å². The van der Waals surface area contributed by atoms with Crippen LogP contribution in [0.15, 0.2) is 24.3 Å². The molecule has 0 spiro atoms. The first-order valence-electron chi connectivity index (χ1n) is 8.40. The number of ether oxygens (including phenoxy) is 3. The lowest BCUT2D eigenvalue weighted by Crippen LogP contribution is -2.49. The summed E-state index contributed by atoms with van der Waals surface area (Å²) >= 11 is 6.04. The molecule has 3 rings (SSSR count). The summed E-state index contributed by atoms with van der Waals surface area (Å²) in [5, 5.41) is 0.498. The van der Waals surface area contributed by atoms with Crippen molar-refractivity contribution >= 4 is 23.3 Å². The van der Waals surface area contributed by atoms with Gasteiger partial charge < -0.3 is 24.0 Å². The summed E-state index contributed by atoms with van der Waals surface area (Å²) < 4.78 is 15.6. The summed E-state index contributed by atoms with van der Waals surface area (Å²) in [6, 6.07) is 7.03. The van der Waals surface area contributed by atoms with E-state index in [-0.39, 0.29) is 11.9 Å². The van der Waals surface area contributed by atoms with E-state index in [9.17, 15) is 4.79 Å². The molecule has 27 heavy (non-hydrogen) atoms.